The van der Waals surface area contributed by atoms with Crippen LogP contribution in [0.5, 0.6) is 0 Å². The van der Waals surface area contributed by atoms with Gasteiger partial charge in [-0.3, -0.25) is 9.59 Å². The van der Waals surface area contributed by atoms with Crippen molar-refractivity contribution < 1.29 is 9.59 Å². The van der Waals surface area contributed by atoms with Gasteiger partial charge < -0.3 is 16.0 Å². The molecule has 1 fully saturated rings. The largest absolute Gasteiger partial charge is 0.357 e. The van der Waals surface area contributed by atoms with Gasteiger partial charge in [0.05, 0.1) is 6.54 Å². The van der Waals surface area contributed by atoms with E-state index in [4.69, 9.17) is 5.73 Å². The van der Waals surface area contributed by atoms with Crippen LogP contribution >= 0.6 is 12.4 Å². The molecule has 0 bridgehead atoms. The van der Waals surface area contributed by atoms with Gasteiger partial charge in [0.2, 0.25) is 11.8 Å². The second kappa shape index (κ2) is 5.82. The Morgan fingerprint density at radius 2 is 2.21 bits per heavy atom. The Morgan fingerprint density at radius 1 is 1.57 bits per heavy atom. The third-order valence-corrected chi connectivity index (χ3v) is 2.30. The number of amides is 2. The zero-order chi connectivity index (χ0) is 9.84. The van der Waals surface area contributed by atoms with E-state index in [-0.39, 0.29) is 36.8 Å². The number of hydrogen-bond donors (Lipinski definition) is 2. The fourth-order valence-corrected chi connectivity index (χ4v) is 1.62. The first-order valence-electron chi connectivity index (χ1n) is 4.42. The van der Waals surface area contributed by atoms with Crippen LogP contribution < -0.4 is 11.1 Å². The molecule has 0 aromatic heterocycles. The summed E-state index contributed by atoms with van der Waals surface area (Å²) in [4.78, 5) is 24.1. The number of likely N-dealkylation sites (N-methyl/N-ethyl adjacent to an activating group) is 1. The number of nitrogens with one attached hydrogen (secondary N) is 1. The summed E-state index contributed by atoms with van der Waals surface area (Å²) in [7, 11) is 1.58. The molecule has 0 saturated carbocycles. The maximum absolute atomic E-state index is 11.3. The molecule has 0 aromatic carbocycles. The number of carbonyl (C=O) groups excluding carboxylic acids is 2. The van der Waals surface area contributed by atoms with Crippen molar-refractivity contribution in [2.45, 2.75) is 18.9 Å². The second-order valence-corrected chi connectivity index (χ2v) is 3.06. The minimum Gasteiger partial charge on any atom is -0.357 e. The Balaban J connectivity index is 0.00000169. The number of rotatable bonds is 2. The zero-order valence-electron chi connectivity index (χ0n) is 8.16. The number of carbonyl (C=O) groups is 2. The van der Waals surface area contributed by atoms with Gasteiger partial charge >= 0.3 is 0 Å². The molecule has 0 aromatic rings. The molecule has 1 heterocycles. The van der Waals surface area contributed by atoms with Crippen molar-refractivity contribution in [3.05, 3.63) is 0 Å². The van der Waals surface area contributed by atoms with Crippen LogP contribution in [0.3, 0.4) is 0 Å². The monoisotopic (exact) mass is 221 g/mol. The molecule has 0 radical (unpaired) electrons. The highest BCUT2D eigenvalue weighted by Gasteiger charge is 2.32. The smallest absolute Gasteiger partial charge is 0.242 e. The summed E-state index contributed by atoms with van der Waals surface area (Å²) < 4.78 is 0. The van der Waals surface area contributed by atoms with Gasteiger partial charge in [0, 0.05) is 13.6 Å². The molecule has 1 saturated heterocycles. The van der Waals surface area contributed by atoms with Crippen molar-refractivity contribution in [3.63, 3.8) is 0 Å². The standard InChI is InChI=1S/C8H15N3O2.ClH/c1-10-8(13)6-3-2-4-11(6)7(12)5-9;/h6H,2-5,9H2,1H3,(H,10,13);1H. The van der Waals surface area contributed by atoms with Crippen LogP contribution in [0.15, 0.2) is 0 Å². The van der Waals surface area contributed by atoms with Crippen molar-refractivity contribution in [1.82, 2.24) is 10.2 Å². The molecule has 82 valence electrons. The summed E-state index contributed by atoms with van der Waals surface area (Å²) >= 11 is 0. The van der Waals surface area contributed by atoms with Crippen LogP contribution in [0.25, 0.3) is 0 Å². The van der Waals surface area contributed by atoms with Crippen molar-refractivity contribution in [2.75, 3.05) is 20.1 Å². The normalized spacial score (nSPS) is 20.1. The molecular weight excluding hydrogens is 206 g/mol. The summed E-state index contributed by atoms with van der Waals surface area (Å²) in [5.74, 6) is -0.245. The van der Waals surface area contributed by atoms with Crippen molar-refractivity contribution in [3.8, 4) is 0 Å². The summed E-state index contributed by atoms with van der Waals surface area (Å²) in [6, 6.07) is -0.305. The van der Waals surface area contributed by atoms with Crippen LogP contribution in [0.2, 0.25) is 0 Å². The van der Waals surface area contributed by atoms with E-state index in [1.807, 2.05) is 0 Å². The van der Waals surface area contributed by atoms with Crippen LogP contribution in [0.1, 0.15) is 12.8 Å². The van der Waals surface area contributed by atoms with Crippen LogP contribution in [-0.2, 0) is 9.59 Å². The van der Waals surface area contributed by atoms with Crippen molar-refractivity contribution >= 4 is 24.2 Å². The molecule has 1 unspecified atom stereocenters. The van der Waals surface area contributed by atoms with Gasteiger partial charge in [-0.1, -0.05) is 0 Å². The van der Waals surface area contributed by atoms with Crippen LogP contribution in [0.4, 0.5) is 0 Å². The van der Waals surface area contributed by atoms with Gasteiger partial charge in [-0.2, -0.15) is 0 Å². The first-order valence-corrected chi connectivity index (χ1v) is 4.42. The molecule has 1 aliphatic rings. The summed E-state index contributed by atoms with van der Waals surface area (Å²) in [6.45, 7) is 0.627. The van der Waals surface area contributed by atoms with Gasteiger partial charge in [-0.15, -0.1) is 12.4 Å². The third-order valence-electron chi connectivity index (χ3n) is 2.30. The number of nitrogens with zero attached hydrogens (tertiary/aromatic N) is 1. The molecule has 5 nitrogen and oxygen atoms in total. The highest BCUT2D eigenvalue weighted by atomic mass is 35.5. The molecule has 1 rings (SSSR count). The van der Waals surface area contributed by atoms with Crippen LogP contribution in [-0.4, -0.2) is 42.9 Å². The maximum Gasteiger partial charge on any atom is 0.242 e. The third kappa shape index (κ3) is 2.59. The van der Waals surface area contributed by atoms with E-state index < -0.39 is 0 Å². The Kier molecular flexibility index (Phi) is 5.49. The fourth-order valence-electron chi connectivity index (χ4n) is 1.62. The lowest BCUT2D eigenvalue weighted by Crippen LogP contribution is -2.46. The quantitative estimate of drug-likeness (QED) is 0.635. The van der Waals surface area contributed by atoms with Gasteiger partial charge in [-0.25, -0.2) is 0 Å². The highest BCUT2D eigenvalue weighted by Crippen LogP contribution is 2.16. The number of nitrogens with two attached hydrogens (primary N) is 1. The molecule has 0 spiro atoms. The fraction of sp³-hybridized carbons (Fsp3) is 0.750. The van der Waals surface area contributed by atoms with Gasteiger partial charge in [0.15, 0.2) is 0 Å². The van der Waals surface area contributed by atoms with Gasteiger partial charge in [-0.05, 0) is 12.8 Å². The molecule has 2 amide bonds. The first kappa shape index (κ1) is 13.2. The number of hydrogen-bond acceptors (Lipinski definition) is 3. The Bertz CT molecular complexity index is 201. The topological polar surface area (TPSA) is 75.4 Å². The molecule has 6 heteroatoms. The van der Waals surface area contributed by atoms with Gasteiger partial charge in [0.1, 0.15) is 6.04 Å². The predicted octanol–water partition coefficient (Wildman–Crippen LogP) is -0.896. The lowest BCUT2D eigenvalue weighted by molar-refractivity contribution is -0.137. The lowest BCUT2D eigenvalue weighted by atomic mass is 10.2. The predicted molar refractivity (Wildman–Crippen MR) is 55.1 cm³/mol. The lowest BCUT2D eigenvalue weighted by Gasteiger charge is -2.22. The van der Waals surface area contributed by atoms with Gasteiger partial charge in [0.25, 0.3) is 0 Å². The van der Waals surface area contributed by atoms with E-state index in [1.54, 1.807) is 11.9 Å². The summed E-state index contributed by atoms with van der Waals surface area (Å²) in [5.41, 5.74) is 5.23. The molecule has 3 N–H and O–H groups in total. The molecule has 0 aliphatic carbocycles. The number of halogens is 1. The van der Waals surface area contributed by atoms with E-state index in [0.717, 1.165) is 12.8 Å². The summed E-state index contributed by atoms with van der Waals surface area (Å²) in [5, 5.41) is 2.54. The van der Waals surface area contributed by atoms with Crippen LogP contribution in [0, 0.1) is 0 Å². The highest BCUT2D eigenvalue weighted by molar-refractivity contribution is 5.88. The minimum atomic E-state index is -0.305. The summed E-state index contributed by atoms with van der Waals surface area (Å²) in [6.07, 6.45) is 1.62. The second-order valence-electron chi connectivity index (χ2n) is 3.06. The minimum absolute atomic E-state index is 0. The van der Waals surface area contributed by atoms with Crippen molar-refractivity contribution in [2.24, 2.45) is 5.73 Å². The SMILES string of the molecule is CNC(=O)C1CCCN1C(=O)CN.Cl. The zero-order valence-corrected chi connectivity index (χ0v) is 8.97. The average molecular weight is 222 g/mol. The molecular formula is C8H16ClN3O2. The first-order chi connectivity index (χ1) is 6.20. The Labute approximate surface area is 89.4 Å². The Hall–Kier alpha value is -0.810. The molecule has 1 aliphatic heterocycles. The van der Waals surface area contributed by atoms with Crippen molar-refractivity contribution in [1.29, 1.82) is 0 Å². The maximum atomic E-state index is 11.3. The Morgan fingerprint density at radius 3 is 2.71 bits per heavy atom. The average Bonchev–Trinajstić information content (AvgIpc) is 2.63. The van der Waals surface area contributed by atoms with E-state index >= 15 is 0 Å². The van der Waals surface area contributed by atoms with E-state index in [9.17, 15) is 9.59 Å². The molecule has 14 heavy (non-hydrogen) atoms. The number of likely N-dealkylation sites (tertiary alicyclic amines) is 1. The van der Waals surface area contributed by atoms with E-state index in [0.29, 0.717) is 6.54 Å². The van der Waals surface area contributed by atoms with E-state index in [2.05, 4.69) is 5.32 Å². The molecule has 1 atom stereocenters. The van der Waals surface area contributed by atoms with E-state index in [1.165, 1.54) is 0 Å².